The molecule has 0 spiro atoms. The lowest BCUT2D eigenvalue weighted by Gasteiger charge is -2.10. The average Bonchev–Trinajstić information content (AvgIpc) is 3.63. The van der Waals surface area contributed by atoms with Gasteiger partial charge in [0.05, 0.1) is 25.5 Å². The highest BCUT2D eigenvalue weighted by molar-refractivity contribution is 6.00. The molecular formula is C27H24N6O3. The summed E-state index contributed by atoms with van der Waals surface area (Å²) in [4.78, 5) is 21.9. The summed E-state index contributed by atoms with van der Waals surface area (Å²) in [6.07, 6.45) is 8.66. The molecule has 9 nitrogen and oxygen atoms in total. The molecule has 180 valence electrons. The van der Waals surface area contributed by atoms with Crippen molar-refractivity contribution in [3.05, 3.63) is 103 Å². The molecule has 0 aliphatic carbocycles. The molecule has 0 saturated heterocycles. The van der Waals surface area contributed by atoms with Gasteiger partial charge in [-0.3, -0.25) is 9.36 Å². The van der Waals surface area contributed by atoms with Gasteiger partial charge in [0, 0.05) is 43.0 Å². The topological polar surface area (TPSA) is 96.1 Å². The van der Waals surface area contributed by atoms with Crippen molar-refractivity contribution in [3.8, 4) is 34.3 Å². The number of hydrogen-bond acceptors (Lipinski definition) is 6. The number of nitrogens with one attached hydrogen (secondary N) is 1. The van der Waals surface area contributed by atoms with Crippen LogP contribution in [0.1, 0.15) is 15.9 Å². The van der Waals surface area contributed by atoms with E-state index in [9.17, 15) is 4.79 Å². The van der Waals surface area contributed by atoms with Crippen LogP contribution in [-0.2, 0) is 6.54 Å². The Morgan fingerprint density at radius 2 is 1.89 bits per heavy atom. The van der Waals surface area contributed by atoms with E-state index in [0.29, 0.717) is 34.9 Å². The number of methoxy groups -OCH3 is 2. The predicted octanol–water partition coefficient (Wildman–Crippen LogP) is 4.07. The molecule has 0 saturated carbocycles. The third-order valence-corrected chi connectivity index (χ3v) is 5.67. The molecule has 5 aromatic rings. The summed E-state index contributed by atoms with van der Waals surface area (Å²) in [6, 6.07) is 18.9. The van der Waals surface area contributed by atoms with Crippen LogP contribution in [0.3, 0.4) is 0 Å². The zero-order valence-electron chi connectivity index (χ0n) is 19.8. The number of hydrogen-bond donors (Lipinski definition) is 1. The van der Waals surface area contributed by atoms with Gasteiger partial charge in [-0.1, -0.05) is 24.3 Å². The number of pyridine rings is 1. The van der Waals surface area contributed by atoms with Crippen LogP contribution in [0.4, 0.5) is 0 Å². The number of carbonyl (C=O) groups is 1. The van der Waals surface area contributed by atoms with Crippen molar-refractivity contribution in [1.82, 2.24) is 29.6 Å². The predicted molar refractivity (Wildman–Crippen MR) is 135 cm³/mol. The highest BCUT2D eigenvalue weighted by atomic mass is 16.5. The number of imidazole rings is 1. The van der Waals surface area contributed by atoms with Crippen molar-refractivity contribution in [1.29, 1.82) is 0 Å². The van der Waals surface area contributed by atoms with Gasteiger partial charge in [-0.25, -0.2) is 14.6 Å². The molecule has 1 amide bonds. The monoisotopic (exact) mass is 480 g/mol. The number of ether oxygens (including phenoxy) is 2. The van der Waals surface area contributed by atoms with Crippen molar-refractivity contribution in [2.45, 2.75) is 6.54 Å². The molecule has 0 bridgehead atoms. The van der Waals surface area contributed by atoms with Crippen molar-refractivity contribution in [2.75, 3.05) is 14.2 Å². The van der Waals surface area contributed by atoms with Crippen molar-refractivity contribution in [3.63, 3.8) is 0 Å². The highest BCUT2D eigenvalue weighted by Gasteiger charge is 2.21. The summed E-state index contributed by atoms with van der Waals surface area (Å²) in [5, 5.41) is 7.73. The van der Waals surface area contributed by atoms with Gasteiger partial charge in [0.25, 0.3) is 5.91 Å². The van der Waals surface area contributed by atoms with Gasteiger partial charge in [-0.15, -0.1) is 0 Å². The first-order chi connectivity index (χ1) is 17.7. The van der Waals surface area contributed by atoms with Crippen LogP contribution in [-0.4, -0.2) is 44.4 Å². The Morgan fingerprint density at radius 1 is 1.03 bits per heavy atom. The Morgan fingerprint density at radius 3 is 2.58 bits per heavy atom. The van der Waals surface area contributed by atoms with Gasteiger partial charge in [0.1, 0.15) is 29.3 Å². The maximum Gasteiger partial charge on any atom is 0.255 e. The van der Waals surface area contributed by atoms with Gasteiger partial charge >= 0.3 is 0 Å². The van der Waals surface area contributed by atoms with E-state index in [1.54, 1.807) is 49.9 Å². The minimum absolute atomic E-state index is 0.260. The first-order valence-electron chi connectivity index (χ1n) is 11.2. The van der Waals surface area contributed by atoms with E-state index in [4.69, 9.17) is 14.6 Å². The van der Waals surface area contributed by atoms with Crippen LogP contribution in [0.25, 0.3) is 22.8 Å². The summed E-state index contributed by atoms with van der Waals surface area (Å²) in [5.41, 5.74) is 3.31. The van der Waals surface area contributed by atoms with Crippen LogP contribution in [0.2, 0.25) is 0 Å². The summed E-state index contributed by atoms with van der Waals surface area (Å²) < 4.78 is 14.4. The Balaban J connectivity index is 1.44. The van der Waals surface area contributed by atoms with Gasteiger partial charge in [0.2, 0.25) is 0 Å². The van der Waals surface area contributed by atoms with E-state index in [0.717, 1.165) is 17.1 Å². The first kappa shape index (κ1) is 22.9. The Hall–Kier alpha value is -4.92. The van der Waals surface area contributed by atoms with Crippen LogP contribution >= 0.6 is 0 Å². The lowest BCUT2D eigenvalue weighted by molar-refractivity contribution is 0.0951. The molecule has 36 heavy (non-hydrogen) atoms. The number of carbonyl (C=O) groups excluding carboxylic acids is 1. The molecule has 9 heteroatoms. The second-order valence-electron chi connectivity index (χ2n) is 7.91. The second-order valence-corrected chi connectivity index (χ2v) is 7.91. The lowest BCUT2D eigenvalue weighted by Crippen LogP contribution is -2.23. The quantitative estimate of drug-likeness (QED) is 0.360. The number of para-hydroxylation sites is 1. The standard InChI is InChI=1S/C27H24N6O3/c1-35-21-9-10-22(24(14-21)36-2)26-23(17-33(31-26)20-6-4-3-5-7-20)27(34)30-16-19-8-11-25(29-15-19)32-13-12-28-18-32/h3-15,17-18H,16H2,1-2H3,(H,30,34). The van der Waals surface area contributed by atoms with Crippen LogP contribution in [0.15, 0.2) is 91.8 Å². The van der Waals surface area contributed by atoms with E-state index < -0.39 is 0 Å². The third kappa shape index (κ3) is 4.67. The highest BCUT2D eigenvalue weighted by Crippen LogP contribution is 2.34. The zero-order valence-corrected chi connectivity index (χ0v) is 19.8. The summed E-state index contributed by atoms with van der Waals surface area (Å²) in [5.74, 6) is 1.70. The normalized spacial score (nSPS) is 10.7. The number of aromatic nitrogens is 5. The van der Waals surface area contributed by atoms with Crippen LogP contribution in [0, 0.1) is 0 Å². The van der Waals surface area contributed by atoms with E-state index in [-0.39, 0.29) is 5.91 Å². The van der Waals surface area contributed by atoms with Crippen LogP contribution in [0.5, 0.6) is 11.5 Å². The fourth-order valence-corrected chi connectivity index (χ4v) is 3.79. The van der Waals surface area contributed by atoms with Gasteiger partial charge in [-0.2, -0.15) is 5.10 Å². The van der Waals surface area contributed by atoms with Crippen molar-refractivity contribution >= 4 is 5.91 Å². The molecule has 5 rings (SSSR count). The second kappa shape index (κ2) is 10.1. The molecule has 0 aliphatic rings. The fraction of sp³-hybridized carbons (Fsp3) is 0.111. The SMILES string of the molecule is COc1ccc(-c2nn(-c3ccccc3)cc2C(=O)NCc2ccc(-n3ccnc3)nc2)c(OC)c1. The Bertz CT molecular complexity index is 1460. The van der Waals surface area contributed by atoms with Gasteiger partial charge in [0.15, 0.2) is 0 Å². The summed E-state index contributed by atoms with van der Waals surface area (Å²) in [6.45, 7) is 0.311. The number of amides is 1. The van der Waals surface area contributed by atoms with Crippen molar-refractivity contribution in [2.24, 2.45) is 0 Å². The van der Waals surface area contributed by atoms with E-state index in [1.807, 2.05) is 65.4 Å². The molecule has 0 aliphatic heterocycles. The van der Waals surface area contributed by atoms with E-state index in [1.165, 1.54) is 0 Å². The van der Waals surface area contributed by atoms with Crippen molar-refractivity contribution < 1.29 is 14.3 Å². The third-order valence-electron chi connectivity index (χ3n) is 5.67. The van der Waals surface area contributed by atoms with Gasteiger partial charge < -0.3 is 14.8 Å². The maximum absolute atomic E-state index is 13.4. The molecule has 0 unspecified atom stereocenters. The average molecular weight is 481 g/mol. The largest absolute Gasteiger partial charge is 0.497 e. The molecule has 3 heterocycles. The number of nitrogens with zero attached hydrogens (tertiary/aromatic N) is 5. The smallest absolute Gasteiger partial charge is 0.255 e. The lowest BCUT2D eigenvalue weighted by atomic mass is 10.1. The summed E-state index contributed by atoms with van der Waals surface area (Å²) >= 11 is 0. The fourth-order valence-electron chi connectivity index (χ4n) is 3.79. The molecule has 0 radical (unpaired) electrons. The Kier molecular flexibility index (Phi) is 6.44. The minimum atomic E-state index is -0.260. The first-order valence-corrected chi connectivity index (χ1v) is 11.2. The molecular weight excluding hydrogens is 456 g/mol. The maximum atomic E-state index is 13.4. The summed E-state index contributed by atoms with van der Waals surface area (Å²) in [7, 11) is 3.17. The van der Waals surface area contributed by atoms with E-state index >= 15 is 0 Å². The molecule has 3 aromatic heterocycles. The molecule has 0 fully saturated rings. The molecule has 1 N–H and O–H groups in total. The van der Waals surface area contributed by atoms with E-state index in [2.05, 4.69) is 15.3 Å². The minimum Gasteiger partial charge on any atom is -0.497 e. The molecule has 2 aromatic carbocycles. The number of rotatable bonds is 8. The number of benzene rings is 2. The Labute approximate surface area is 208 Å². The van der Waals surface area contributed by atoms with Crippen LogP contribution < -0.4 is 14.8 Å². The zero-order chi connectivity index (χ0) is 24.9. The van der Waals surface area contributed by atoms with Gasteiger partial charge in [-0.05, 0) is 35.9 Å². The molecule has 0 atom stereocenters.